The summed E-state index contributed by atoms with van der Waals surface area (Å²) in [6, 6.07) is 6.38. The topological polar surface area (TPSA) is 113 Å². The lowest BCUT2D eigenvalue weighted by Gasteiger charge is -2.25. The van der Waals surface area contributed by atoms with Crippen molar-refractivity contribution >= 4 is 11.8 Å². The molecule has 184 valence electrons. The highest BCUT2D eigenvalue weighted by Crippen LogP contribution is 2.50. The van der Waals surface area contributed by atoms with E-state index in [1.807, 2.05) is 4.90 Å². The first kappa shape index (κ1) is 22.9. The van der Waals surface area contributed by atoms with Gasteiger partial charge in [-0.15, -0.1) is 0 Å². The molecule has 1 atom stereocenters. The standard InChI is InChI=1S/C25H25NO9/c1-30-18-9-14(10-19-25(18)34-13-33-19)16(11-21(28)31-2)22-17(27)4-3-15-23(29)20(35-24(15)22)12-26-5-7-32-8-6-26/h3-4,9-10,12,16,27H,5-8,11,13H2,1-2H3/b20-12+. The molecule has 2 aromatic carbocycles. The summed E-state index contributed by atoms with van der Waals surface area (Å²) < 4.78 is 32.8. The predicted octanol–water partition coefficient (Wildman–Crippen LogP) is 2.57. The Morgan fingerprint density at radius 3 is 2.71 bits per heavy atom. The number of phenols is 1. The molecule has 1 fully saturated rings. The molecular formula is C25H25NO9. The normalized spacial score (nSPS) is 18.3. The predicted molar refractivity (Wildman–Crippen MR) is 121 cm³/mol. The first-order valence-electron chi connectivity index (χ1n) is 11.2. The minimum atomic E-state index is -0.726. The number of fused-ring (bicyclic) bond motifs is 2. The van der Waals surface area contributed by atoms with E-state index in [-0.39, 0.29) is 36.3 Å². The van der Waals surface area contributed by atoms with Crippen LogP contribution in [0.1, 0.15) is 33.8 Å². The van der Waals surface area contributed by atoms with Crippen LogP contribution in [0.3, 0.4) is 0 Å². The summed E-state index contributed by atoms with van der Waals surface area (Å²) in [5.74, 6) is 0.0375. The van der Waals surface area contributed by atoms with Crippen molar-refractivity contribution in [1.29, 1.82) is 0 Å². The number of ketones is 1. The number of rotatable bonds is 6. The molecule has 0 saturated carbocycles. The lowest BCUT2D eigenvalue weighted by atomic mass is 9.85. The summed E-state index contributed by atoms with van der Waals surface area (Å²) in [5, 5.41) is 10.9. The van der Waals surface area contributed by atoms with Gasteiger partial charge in [-0.2, -0.15) is 0 Å². The van der Waals surface area contributed by atoms with Gasteiger partial charge in [0.1, 0.15) is 11.5 Å². The van der Waals surface area contributed by atoms with E-state index < -0.39 is 11.9 Å². The molecule has 10 nitrogen and oxygen atoms in total. The Hall–Kier alpha value is -3.92. The highest BCUT2D eigenvalue weighted by Gasteiger charge is 2.36. The van der Waals surface area contributed by atoms with Gasteiger partial charge in [0, 0.05) is 30.8 Å². The first-order chi connectivity index (χ1) is 17.0. The van der Waals surface area contributed by atoms with Gasteiger partial charge in [-0.25, -0.2) is 0 Å². The average molecular weight is 483 g/mol. The summed E-state index contributed by atoms with van der Waals surface area (Å²) >= 11 is 0. The van der Waals surface area contributed by atoms with Crippen LogP contribution >= 0.6 is 0 Å². The van der Waals surface area contributed by atoms with Gasteiger partial charge in [-0.3, -0.25) is 9.59 Å². The number of Topliss-reactive ketones (excluding diaryl/α,β-unsaturated/α-hetero) is 1. The van der Waals surface area contributed by atoms with Crippen molar-refractivity contribution in [1.82, 2.24) is 4.90 Å². The van der Waals surface area contributed by atoms with Crippen LogP contribution in [0.2, 0.25) is 0 Å². The molecule has 1 unspecified atom stereocenters. The Bertz CT molecular complexity index is 1200. The number of carbonyl (C=O) groups is 2. The number of carbonyl (C=O) groups excluding carboxylic acids is 2. The van der Waals surface area contributed by atoms with Gasteiger partial charge in [-0.1, -0.05) is 0 Å². The summed E-state index contributed by atoms with van der Waals surface area (Å²) in [6.07, 6.45) is 1.55. The van der Waals surface area contributed by atoms with Crippen LogP contribution in [-0.2, 0) is 14.3 Å². The Labute approximate surface area is 201 Å². The minimum Gasteiger partial charge on any atom is -0.508 e. The van der Waals surface area contributed by atoms with Gasteiger partial charge in [0.15, 0.2) is 17.3 Å². The molecule has 5 rings (SSSR count). The first-order valence-corrected chi connectivity index (χ1v) is 11.2. The smallest absolute Gasteiger partial charge is 0.306 e. The van der Waals surface area contributed by atoms with E-state index in [1.54, 1.807) is 18.3 Å². The van der Waals surface area contributed by atoms with E-state index in [4.69, 9.17) is 28.4 Å². The largest absolute Gasteiger partial charge is 0.508 e. The number of nitrogens with zero attached hydrogens (tertiary/aromatic N) is 1. The number of ether oxygens (including phenoxy) is 6. The highest BCUT2D eigenvalue weighted by molar-refractivity contribution is 6.12. The fourth-order valence-electron chi connectivity index (χ4n) is 4.45. The Kier molecular flexibility index (Phi) is 6.12. The molecule has 0 bridgehead atoms. The zero-order chi connectivity index (χ0) is 24.5. The summed E-state index contributed by atoms with van der Waals surface area (Å²) in [7, 11) is 2.79. The number of allylic oxidation sites excluding steroid dienone is 1. The number of hydrogen-bond donors (Lipinski definition) is 1. The van der Waals surface area contributed by atoms with Crippen molar-refractivity contribution in [3.05, 3.63) is 52.9 Å². The summed E-state index contributed by atoms with van der Waals surface area (Å²) in [5.41, 5.74) is 1.20. The molecule has 0 aliphatic carbocycles. The second kappa shape index (κ2) is 9.38. The molecule has 0 spiro atoms. The van der Waals surface area contributed by atoms with Gasteiger partial charge in [0.2, 0.25) is 18.3 Å². The fraction of sp³-hybridized carbons (Fsp3) is 0.360. The molecule has 0 radical (unpaired) electrons. The maximum atomic E-state index is 13.1. The number of esters is 1. The quantitative estimate of drug-likeness (QED) is 0.486. The number of methoxy groups -OCH3 is 2. The van der Waals surface area contributed by atoms with Crippen LogP contribution in [0.4, 0.5) is 0 Å². The van der Waals surface area contributed by atoms with E-state index in [0.717, 1.165) is 0 Å². The molecule has 1 saturated heterocycles. The summed E-state index contributed by atoms with van der Waals surface area (Å²) in [6.45, 7) is 2.43. The van der Waals surface area contributed by atoms with Gasteiger partial charge in [0.05, 0.1) is 39.4 Å². The Balaban J connectivity index is 1.60. The van der Waals surface area contributed by atoms with Crippen molar-refractivity contribution in [3.8, 4) is 28.7 Å². The number of aromatic hydroxyl groups is 1. The van der Waals surface area contributed by atoms with Crippen molar-refractivity contribution in [2.45, 2.75) is 12.3 Å². The van der Waals surface area contributed by atoms with Gasteiger partial charge in [0.25, 0.3) is 0 Å². The van der Waals surface area contributed by atoms with E-state index >= 15 is 0 Å². The van der Waals surface area contributed by atoms with Crippen molar-refractivity contribution in [2.75, 3.05) is 47.3 Å². The molecule has 3 heterocycles. The molecule has 2 aromatic rings. The molecular weight excluding hydrogens is 458 g/mol. The third-order valence-electron chi connectivity index (χ3n) is 6.23. The lowest BCUT2D eigenvalue weighted by molar-refractivity contribution is -0.140. The number of benzene rings is 2. The van der Waals surface area contributed by atoms with Crippen molar-refractivity contribution < 1.29 is 43.1 Å². The minimum absolute atomic E-state index is 0.0378. The highest BCUT2D eigenvalue weighted by atomic mass is 16.7. The third kappa shape index (κ3) is 4.21. The van der Waals surface area contributed by atoms with Gasteiger partial charge < -0.3 is 38.4 Å². The molecule has 10 heteroatoms. The van der Waals surface area contributed by atoms with E-state index in [2.05, 4.69) is 0 Å². The van der Waals surface area contributed by atoms with Crippen LogP contribution in [0, 0.1) is 0 Å². The maximum absolute atomic E-state index is 13.1. The molecule has 3 aliphatic rings. The molecule has 0 aromatic heterocycles. The van der Waals surface area contributed by atoms with Crippen molar-refractivity contribution in [3.63, 3.8) is 0 Å². The fourth-order valence-corrected chi connectivity index (χ4v) is 4.45. The average Bonchev–Trinajstić information content (AvgIpc) is 3.47. The second-order valence-electron chi connectivity index (χ2n) is 8.24. The van der Waals surface area contributed by atoms with E-state index in [1.165, 1.54) is 26.4 Å². The van der Waals surface area contributed by atoms with Crippen LogP contribution < -0.4 is 18.9 Å². The number of hydrogen-bond acceptors (Lipinski definition) is 10. The molecule has 35 heavy (non-hydrogen) atoms. The van der Waals surface area contributed by atoms with Crippen LogP contribution in [0.5, 0.6) is 28.7 Å². The Morgan fingerprint density at radius 2 is 1.97 bits per heavy atom. The number of phenolic OH excluding ortho intramolecular Hbond substituents is 1. The third-order valence-corrected chi connectivity index (χ3v) is 6.23. The van der Waals surface area contributed by atoms with E-state index in [0.29, 0.717) is 60.2 Å². The van der Waals surface area contributed by atoms with Gasteiger partial charge in [-0.05, 0) is 29.8 Å². The van der Waals surface area contributed by atoms with Gasteiger partial charge >= 0.3 is 5.97 Å². The van der Waals surface area contributed by atoms with E-state index in [9.17, 15) is 14.7 Å². The lowest BCUT2D eigenvalue weighted by Crippen LogP contribution is -2.32. The maximum Gasteiger partial charge on any atom is 0.306 e. The monoisotopic (exact) mass is 483 g/mol. The Morgan fingerprint density at radius 1 is 1.17 bits per heavy atom. The summed E-state index contributed by atoms with van der Waals surface area (Å²) in [4.78, 5) is 27.5. The zero-order valence-corrected chi connectivity index (χ0v) is 19.4. The molecule has 0 amide bonds. The molecule has 3 aliphatic heterocycles. The molecule has 1 N–H and O–H groups in total. The zero-order valence-electron chi connectivity index (χ0n) is 19.4. The van der Waals surface area contributed by atoms with Crippen molar-refractivity contribution in [2.24, 2.45) is 0 Å². The van der Waals surface area contributed by atoms with Crippen LogP contribution in [-0.4, -0.2) is 69.1 Å². The SMILES string of the molecule is COC(=O)CC(c1cc(OC)c2c(c1)OCO2)c1c(O)ccc2c1O/C(=C/N1CCOCC1)C2=O. The number of morpholine rings is 1. The van der Waals surface area contributed by atoms with Crippen LogP contribution in [0.15, 0.2) is 36.2 Å². The second-order valence-corrected chi connectivity index (χ2v) is 8.24. The van der Waals surface area contributed by atoms with Crippen LogP contribution in [0.25, 0.3) is 0 Å².